The molecule has 23 heavy (non-hydrogen) atoms. The molecule has 2 aromatic rings. The van der Waals surface area contributed by atoms with E-state index in [2.05, 4.69) is 15.4 Å². The van der Waals surface area contributed by atoms with Gasteiger partial charge >= 0.3 is 6.18 Å². The number of hydrogen-bond donors (Lipinski definition) is 1. The maximum absolute atomic E-state index is 12.5. The van der Waals surface area contributed by atoms with E-state index in [1.165, 1.54) is 6.92 Å². The summed E-state index contributed by atoms with van der Waals surface area (Å²) in [5, 5.41) is 6.38. The lowest BCUT2D eigenvalue weighted by atomic mass is 10.2. The molecule has 2 rings (SSSR count). The van der Waals surface area contributed by atoms with Crippen molar-refractivity contribution in [1.82, 2.24) is 20.1 Å². The van der Waals surface area contributed by atoms with Gasteiger partial charge in [-0.15, -0.1) is 0 Å². The second-order valence-corrected chi connectivity index (χ2v) is 5.34. The Labute approximate surface area is 135 Å². The molecule has 0 radical (unpaired) electrons. The Balaban J connectivity index is 2.01. The molecule has 0 aromatic carbocycles. The number of aromatic nitrogens is 3. The van der Waals surface area contributed by atoms with Crippen molar-refractivity contribution < 1.29 is 18.0 Å². The lowest BCUT2D eigenvalue weighted by Crippen LogP contribution is -2.31. The quantitative estimate of drug-likeness (QED) is 0.865. The monoisotopic (exact) mass is 346 g/mol. The molecule has 0 bridgehead atoms. The Hall–Kier alpha value is -2.09. The number of nitrogens with zero attached hydrogens (tertiary/aromatic N) is 3. The summed E-state index contributed by atoms with van der Waals surface area (Å²) in [6.07, 6.45) is -3.41. The molecule has 1 N–H and O–H groups in total. The van der Waals surface area contributed by atoms with Gasteiger partial charge in [0.1, 0.15) is 11.2 Å². The second kappa shape index (κ2) is 6.57. The molecule has 0 fully saturated rings. The number of carbonyl (C=O) groups is 1. The highest BCUT2D eigenvalue weighted by molar-refractivity contribution is 6.29. The average molecular weight is 347 g/mol. The van der Waals surface area contributed by atoms with Crippen molar-refractivity contribution in [1.29, 1.82) is 0 Å². The molecule has 2 aromatic heterocycles. The predicted molar refractivity (Wildman–Crippen MR) is 77.8 cm³/mol. The Morgan fingerprint density at radius 3 is 2.65 bits per heavy atom. The zero-order valence-corrected chi connectivity index (χ0v) is 13.1. The zero-order valence-electron chi connectivity index (χ0n) is 12.4. The van der Waals surface area contributed by atoms with E-state index in [9.17, 15) is 18.0 Å². The van der Waals surface area contributed by atoms with Gasteiger partial charge in [0.25, 0.3) is 0 Å². The molecule has 124 valence electrons. The molecule has 5 nitrogen and oxygen atoms in total. The zero-order chi connectivity index (χ0) is 17.2. The summed E-state index contributed by atoms with van der Waals surface area (Å²) in [6.45, 7) is 3.42. The van der Waals surface area contributed by atoms with Crippen LogP contribution < -0.4 is 5.32 Å². The van der Waals surface area contributed by atoms with Gasteiger partial charge in [-0.3, -0.25) is 9.48 Å². The molecule has 0 saturated heterocycles. The third-order valence-corrected chi connectivity index (χ3v) is 3.50. The summed E-state index contributed by atoms with van der Waals surface area (Å²) in [7, 11) is 0. The van der Waals surface area contributed by atoms with Crippen LogP contribution in [0.3, 0.4) is 0 Å². The number of alkyl halides is 3. The van der Waals surface area contributed by atoms with Crippen LogP contribution in [-0.4, -0.2) is 20.7 Å². The van der Waals surface area contributed by atoms with Gasteiger partial charge in [0.05, 0.1) is 0 Å². The third-order valence-electron chi connectivity index (χ3n) is 3.29. The van der Waals surface area contributed by atoms with Crippen LogP contribution in [0.4, 0.5) is 13.2 Å². The number of nitrogens with one attached hydrogen (secondary N) is 1. The van der Waals surface area contributed by atoms with Crippen molar-refractivity contribution >= 4 is 17.5 Å². The van der Waals surface area contributed by atoms with Crippen LogP contribution in [0.25, 0.3) is 0 Å². The SMILES string of the molecule is Cc1nc(Cl)ccc1CNC(=O)C(C)n1ccc(C(F)(F)F)n1. The van der Waals surface area contributed by atoms with Crippen molar-refractivity contribution in [3.8, 4) is 0 Å². The summed E-state index contributed by atoms with van der Waals surface area (Å²) < 4.78 is 38.5. The number of halogens is 4. The van der Waals surface area contributed by atoms with E-state index in [1.807, 2.05) is 0 Å². The van der Waals surface area contributed by atoms with Gasteiger partial charge in [-0.25, -0.2) is 4.98 Å². The summed E-state index contributed by atoms with van der Waals surface area (Å²) >= 11 is 5.75. The molecular weight excluding hydrogens is 333 g/mol. The van der Waals surface area contributed by atoms with Gasteiger partial charge in [-0.1, -0.05) is 17.7 Å². The summed E-state index contributed by atoms with van der Waals surface area (Å²) in [5.41, 5.74) is 0.408. The first-order valence-electron chi connectivity index (χ1n) is 6.70. The van der Waals surface area contributed by atoms with Crippen LogP contribution in [0.5, 0.6) is 0 Å². The molecule has 0 aliphatic rings. The summed E-state index contributed by atoms with van der Waals surface area (Å²) in [4.78, 5) is 16.1. The van der Waals surface area contributed by atoms with E-state index >= 15 is 0 Å². The standard InChI is InChI=1S/C14H14ClF3N4O/c1-8-10(3-4-12(15)20-8)7-19-13(23)9(2)22-6-5-11(21-22)14(16,17)18/h3-6,9H,7H2,1-2H3,(H,19,23). The van der Waals surface area contributed by atoms with E-state index in [0.717, 1.165) is 22.5 Å². The highest BCUT2D eigenvalue weighted by Crippen LogP contribution is 2.27. The number of rotatable bonds is 4. The van der Waals surface area contributed by atoms with Gasteiger partial charge in [0.2, 0.25) is 5.91 Å². The number of amides is 1. The Morgan fingerprint density at radius 2 is 2.09 bits per heavy atom. The Kier molecular flexibility index (Phi) is 4.93. The minimum Gasteiger partial charge on any atom is -0.350 e. The topological polar surface area (TPSA) is 59.8 Å². The van der Waals surface area contributed by atoms with Crippen LogP contribution in [0.2, 0.25) is 5.15 Å². The summed E-state index contributed by atoms with van der Waals surface area (Å²) in [5.74, 6) is -0.448. The smallest absolute Gasteiger partial charge is 0.350 e. The Morgan fingerprint density at radius 1 is 1.39 bits per heavy atom. The van der Waals surface area contributed by atoms with Crippen LogP contribution in [0.15, 0.2) is 24.4 Å². The first-order chi connectivity index (χ1) is 10.7. The fourth-order valence-electron chi connectivity index (χ4n) is 1.90. The van der Waals surface area contributed by atoms with Crippen molar-refractivity contribution in [2.45, 2.75) is 32.6 Å². The normalized spacial score (nSPS) is 13.0. The maximum atomic E-state index is 12.5. The maximum Gasteiger partial charge on any atom is 0.435 e. The molecule has 0 aliphatic carbocycles. The highest BCUT2D eigenvalue weighted by atomic mass is 35.5. The third kappa shape index (κ3) is 4.22. The molecule has 0 aliphatic heterocycles. The molecular formula is C14H14ClF3N4O. The minimum atomic E-state index is -4.53. The molecule has 9 heteroatoms. The van der Waals surface area contributed by atoms with Crippen LogP contribution >= 0.6 is 11.6 Å². The van der Waals surface area contributed by atoms with Crippen molar-refractivity contribution in [3.05, 3.63) is 46.5 Å². The molecule has 0 spiro atoms. The molecule has 0 saturated carbocycles. The number of carbonyl (C=O) groups excluding carboxylic acids is 1. The van der Waals surface area contributed by atoms with Gasteiger partial charge in [-0.2, -0.15) is 18.3 Å². The van der Waals surface area contributed by atoms with E-state index in [-0.39, 0.29) is 6.54 Å². The fraction of sp³-hybridized carbons (Fsp3) is 0.357. The van der Waals surface area contributed by atoms with Crippen LogP contribution in [0.1, 0.15) is 29.9 Å². The molecule has 1 amide bonds. The van der Waals surface area contributed by atoms with Gasteiger partial charge in [-0.05, 0) is 31.5 Å². The molecule has 2 heterocycles. The minimum absolute atomic E-state index is 0.201. The van der Waals surface area contributed by atoms with Gasteiger partial charge < -0.3 is 5.32 Å². The van der Waals surface area contributed by atoms with E-state index < -0.39 is 23.8 Å². The van der Waals surface area contributed by atoms with Crippen molar-refractivity contribution in [3.63, 3.8) is 0 Å². The Bertz CT molecular complexity index is 714. The summed E-state index contributed by atoms with van der Waals surface area (Å²) in [6, 6.07) is 3.29. The molecule has 1 atom stereocenters. The second-order valence-electron chi connectivity index (χ2n) is 4.95. The van der Waals surface area contributed by atoms with Crippen LogP contribution in [-0.2, 0) is 17.5 Å². The number of pyridine rings is 1. The first kappa shape index (κ1) is 17.3. The van der Waals surface area contributed by atoms with E-state index in [0.29, 0.717) is 10.8 Å². The van der Waals surface area contributed by atoms with Crippen LogP contribution in [0, 0.1) is 6.92 Å². The van der Waals surface area contributed by atoms with E-state index in [4.69, 9.17) is 11.6 Å². The largest absolute Gasteiger partial charge is 0.435 e. The van der Waals surface area contributed by atoms with Crippen molar-refractivity contribution in [2.75, 3.05) is 0 Å². The predicted octanol–water partition coefficient (Wildman–Crippen LogP) is 3.14. The molecule has 1 unspecified atom stereocenters. The van der Waals surface area contributed by atoms with Crippen molar-refractivity contribution in [2.24, 2.45) is 0 Å². The van der Waals surface area contributed by atoms with E-state index in [1.54, 1.807) is 19.1 Å². The highest BCUT2D eigenvalue weighted by Gasteiger charge is 2.34. The lowest BCUT2D eigenvalue weighted by molar-refractivity contribution is -0.142. The fourth-order valence-corrected chi connectivity index (χ4v) is 2.09. The van der Waals surface area contributed by atoms with Gasteiger partial charge in [0.15, 0.2) is 5.69 Å². The number of aryl methyl sites for hydroxylation is 1. The average Bonchev–Trinajstić information content (AvgIpc) is 2.95. The first-order valence-corrected chi connectivity index (χ1v) is 7.08. The van der Waals surface area contributed by atoms with Gasteiger partial charge in [0, 0.05) is 18.4 Å². The number of hydrogen-bond acceptors (Lipinski definition) is 3. The lowest BCUT2D eigenvalue weighted by Gasteiger charge is -2.13.